The number of nitrogens with one attached hydrogen (secondary N) is 1. The van der Waals surface area contributed by atoms with Crippen LogP contribution < -0.4 is 11.2 Å². The highest BCUT2D eigenvalue weighted by molar-refractivity contribution is 5.23. The first-order valence-electron chi connectivity index (χ1n) is 6.47. The second-order valence-electron chi connectivity index (χ2n) is 4.76. The molecule has 3 N–H and O–H groups in total. The second-order valence-corrected chi connectivity index (χ2v) is 4.76. The van der Waals surface area contributed by atoms with Crippen LogP contribution in [0.3, 0.4) is 0 Å². The van der Waals surface area contributed by atoms with Gasteiger partial charge in [-0.15, -0.1) is 0 Å². The summed E-state index contributed by atoms with van der Waals surface area (Å²) in [4.78, 5) is 0. The summed E-state index contributed by atoms with van der Waals surface area (Å²) in [6, 6.07) is 1.57. The molecule has 1 aromatic carbocycles. The lowest BCUT2D eigenvalue weighted by atomic mass is 10.1. The van der Waals surface area contributed by atoms with E-state index in [9.17, 15) is 13.2 Å². The van der Waals surface area contributed by atoms with Gasteiger partial charge in [0.15, 0.2) is 17.5 Å². The van der Waals surface area contributed by atoms with E-state index in [1.165, 1.54) is 6.42 Å². The number of nitrogens with zero attached hydrogens (tertiary/aromatic N) is 1. The van der Waals surface area contributed by atoms with E-state index < -0.39 is 23.5 Å². The average molecular weight is 273 g/mol. The standard InChI is InChI=1S/C13H18F3N3/c14-10-6-9(7-11(15)13(10)16)12(8-17)18-19-4-2-1-3-5-19/h6-7,12,18H,1-5,8,17H2. The second kappa shape index (κ2) is 6.36. The minimum absolute atomic E-state index is 0.182. The predicted octanol–water partition coefficient (Wildman–Crippen LogP) is 2.09. The molecule has 0 aliphatic carbocycles. The van der Waals surface area contributed by atoms with Crippen molar-refractivity contribution < 1.29 is 13.2 Å². The Hall–Kier alpha value is -1.11. The van der Waals surface area contributed by atoms with E-state index in [1.54, 1.807) is 0 Å². The van der Waals surface area contributed by atoms with E-state index in [2.05, 4.69) is 5.43 Å². The number of piperidine rings is 1. The molecule has 1 heterocycles. The van der Waals surface area contributed by atoms with Crippen molar-refractivity contribution >= 4 is 0 Å². The quantitative estimate of drug-likeness (QED) is 0.825. The third-order valence-electron chi connectivity index (χ3n) is 3.34. The van der Waals surface area contributed by atoms with Crippen molar-refractivity contribution in [2.45, 2.75) is 25.3 Å². The highest BCUT2D eigenvalue weighted by Gasteiger charge is 2.19. The molecular formula is C13H18F3N3. The molecule has 6 heteroatoms. The number of hydrazine groups is 1. The Kier molecular flexibility index (Phi) is 4.79. The minimum Gasteiger partial charge on any atom is -0.329 e. The summed E-state index contributed by atoms with van der Waals surface area (Å²) in [6.45, 7) is 1.94. The van der Waals surface area contributed by atoms with Crippen LogP contribution in [0.15, 0.2) is 12.1 Å². The number of hydrogen-bond donors (Lipinski definition) is 2. The van der Waals surface area contributed by atoms with Gasteiger partial charge in [0.25, 0.3) is 0 Å². The van der Waals surface area contributed by atoms with Crippen LogP contribution in [0.25, 0.3) is 0 Å². The van der Waals surface area contributed by atoms with Crippen molar-refractivity contribution in [2.75, 3.05) is 19.6 Å². The molecule has 1 saturated heterocycles. The minimum atomic E-state index is -1.45. The van der Waals surface area contributed by atoms with Crippen molar-refractivity contribution in [3.63, 3.8) is 0 Å². The van der Waals surface area contributed by atoms with Crippen LogP contribution in [0.1, 0.15) is 30.9 Å². The van der Waals surface area contributed by atoms with Crippen LogP contribution in [-0.2, 0) is 0 Å². The van der Waals surface area contributed by atoms with Gasteiger partial charge < -0.3 is 5.73 Å². The zero-order valence-electron chi connectivity index (χ0n) is 10.6. The van der Waals surface area contributed by atoms with Gasteiger partial charge in [-0.2, -0.15) is 0 Å². The van der Waals surface area contributed by atoms with Crippen LogP contribution >= 0.6 is 0 Å². The van der Waals surface area contributed by atoms with Crippen molar-refractivity contribution in [3.05, 3.63) is 35.1 Å². The Morgan fingerprint density at radius 3 is 2.21 bits per heavy atom. The van der Waals surface area contributed by atoms with Crippen molar-refractivity contribution in [3.8, 4) is 0 Å². The highest BCUT2D eigenvalue weighted by Crippen LogP contribution is 2.20. The maximum atomic E-state index is 13.2. The summed E-state index contributed by atoms with van der Waals surface area (Å²) in [6.07, 6.45) is 3.35. The van der Waals surface area contributed by atoms with E-state index in [-0.39, 0.29) is 6.54 Å². The molecule has 0 bridgehead atoms. The Morgan fingerprint density at radius 1 is 1.11 bits per heavy atom. The van der Waals surface area contributed by atoms with Crippen LogP contribution in [0.4, 0.5) is 13.2 Å². The summed E-state index contributed by atoms with van der Waals surface area (Å²) in [5, 5.41) is 2.00. The van der Waals surface area contributed by atoms with Crippen molar-refractivity contribution in [1.82, 2.24) is 10.4 Å². The lowest BCUT2D eigenvalue weighted by molar-refractivity contribution is 0.130. The topological polar surface area (TPSA) is 41.3 Å². The SMILES string of the molecule is NCC(NN1CCCCC1)c1cc(F)c(F)c(F)c1. The molecular weight excluding hydrogens is 255 g/mol. The molecule has 1 atom stereocenters. The Bertz CT molecular complexity index is 410. The first-order valence-corrected chi connectivity index (χ1v) is 6.47. The van der Waals surface area contributed by atoms with E-state index >= 15 is 0 Å². The maximum absolute atomic E-state index is 13.2. The molecule has 1 aliphatic rings. The van der Waals surface area contributed by atoms with Crippen LogP contribution in [-0.4, -0.2) is 24.6 Å². The zero-order chi connectivity index (χ0) is 13.8. The van der Waals surface area contributed by atoms with Gasteiger partial charge in [0.1, 0.15) is 0 Å². The third kappa shape index (κ3) is 3.46. The monoisotopic (exact) mass is 273 g/mol. The molecule has 0 radical (unpaired) electrons. The predicted molar refractivity (Wildman–Crippen MR) is 66.7 cm³/mol. The molecule has 2 rings (SSSR count). The lowest BCUT2D eigenvalue weighted by Crippen LogP contribution is -2.45. The Labute approximate surface area is 110 Å². The van der Waals surface area contributed by atoms with E-state index in [0.29, 0.717) is 5.56 Å². The summed E-state index contributed by atoms with van der Waals surface area (Å²) >= 11 is 0. The molecule has 1 unspecified atom stereocenters. The average Bonchev–Trinajstić information content (AvgIpc) is 2.42. The van der Waals surface area contributed by atoms with Gasteiger partial charge >= 0.3 is 0 Å². The number of hydrogen-bond acceptors (Lipinski definition) is 3. The molecule has 0 aromatic heterocycles. The van der Waals surface area contributed by atoms with E-state index in [0.717, 1.165) is 38.1 Å². The van der Waals surface area contributed by atoms with Gasteiger partial charge in [-0.25, -0.2) is 23.6 Å². The summed E-state index contributed by atoms with van der Waals surface area (Å²) in [5.41, 5.74) is 9.10. The maximum Gasteiger partial charge on any atom is 0.194 e. The molecule has 0 saturated carbocycles. The van der Waals surface area contributed by atoms with Crippen LogP contribution in [0, 0.1) is 17.5 Å². The van der Waals surface area contributed by atoms with Crippen LogP contribution in [0.2, 0.25) is 0 Å². The fourth-order valence-corrected chi connectivity index (χ4v) is 2.28. The van der Waals surface area contributed by atoms with E-state index in [1.807, 2.05) is 5.01 Å². The molecule has 0 amide bonds. The van der Waals surface area contributed by atoms with E-state index in [4.69, 9.17) is 5.73 Å². The number of benzene rings is 1. The molecule has 19 heavy (non-hydrogen) atoms. The Morgan fingerprint density at radius 2 is 1.68 bits per heavy atom. The lowest BCUT2D eigenvalue weighted by Gasteiger charge is -2.31. The molecule has 3 nitrogen and oxygen atoms in total. The molecule has 1 aliphatic heterocycles. The zero-order valence-corrected chi connectivity index (χ0v) is 10.6. The molecule has 0 spiro atoms. The van der Waals surface area contributed by atoms with Gasteiger partial charge in [-0.1, -0.05) is 6.42 Å². The first kappa shape index (κ1) is 14.3. The molecule has 106 valence electrons. The van der Waals surface area contributed by atoms with Crippen LogP contribution in [0.5, 0.6) is 0 Å². The largest absolute Gasteiger partial charge is 0.329 e. The van der Waals surface area contributed by atoms with Gasteiger partial charge in [0, 0.05) is 19.6 Å². The molecule has 1 aromatic rings. The smallest absolute Gasteiger partial charge is 0.194 e. The summed E-state index contributed by atoms with van der Waals surface area (Å²) < 4.78 is 39.4. The fraction of sp³-hybridized carbons (Fsp3) is 0.538. The fourth-order valence-electron chi connectivity index (χ4n) is 2.28. The summed E-state index contributed by atoms with van der Waals surface area (Å²) in [7, 11) is 0. The number of nitrogens with two attached hydrogens (primary N) is 1. The normalized spacial score (nSPS) is 18.5. The van der Waals surface area contributed by atoms with Crippen molar-refractivity contribution in [2.24, 2.45) is 5.73 Å². The first-order chi connectivity index (χ1) is 9.11. The van der Waals surface area contributed by atoms with Crippen molar-refractivity contribution in [1.29, 1.82) is 0 Å². The van der Waals surface area contributed by atoms with Gasteiger partial charge in [0.2, 0.25) is 0 Å². The number of halogens is 3. The Balaban J connectivity index is 2.12. The highest BCUT2D eigenvalue weighted by atomic mass is 19.2. The number of rotatable bonds is 4. The molecule has 1 fully saturated rings. The summed E-state index contributed by atoms with van der Waals surface area (Å²) in [5.74, 6) is -3.82. The van der Waals surface area contributed by atoms with Gasteiger partial charge in [-0.3, -0.25) is 0 Å². The third-order valence-corrected chi connectivity index (χ3v) is 3.34. The van der Waals surface area contributed by atoms with Gasteiger partial charge in [0.05, 0.1) is 6.04 Å². The van der Waals surface area contributed by atoms with Gasteiger partial charge in [-0.05, 0) is 30.5 Å².